The fourth-order valence-corrected chi connectivity index (χ4v) is 1.71. The van der Waals surface area contributed by atoms with Gasteiger partial charge in [0.15, 0.2) is 0 Å². The van der Waals surface area contributed by atoms with Crippen LogP contribution in [-0.4, -0.2) is 12.2 Å². The van der Waals surface area contributed by atoms with E-state index in [0.717, 1.165) is 12.5 Å². The van der Waals surface area contributed by atoms with Crippen LogP contribution in [0.5, 0.6) is 0 Å². The summed E-state index contributed by atoms with van der Waals surface area (Å²) in [6.07, 6.45) is 4.04. The fourth-order valence-electron chi connectivity index (χ4n) is 1.71. The lowest BCUT2D eigenvalue weighted by atomic mass is 9.66. The van der Waals surface area contributed by atoms with Crippen LogP contribution in [0, 0.1) is 5.92 Å². The molecule has 0 aromatic rings. The van der Waals surface area contributed by atoms with Gasteiger partial charge in [-0.05, 0) is 18.8 Å². The number of hydrogen-bond donors (Lipinski definition) is 0. The van der Waals surface area contributed by atoms with E-state index in [1.165, 1.54) is 19.3 Å². The molecule has 1 heteroatoms. The maximum atomic E-state index is 5.47. The van der Waals surface area contributed by atoms with E-state index >= 15 is 0 Å². The molecule has 0 amide bonds. The second kappa shape index (κ2) is 1.27. The number of hydrogen-bond acceptors (Lipinski definition) is 1. The molecular formula is C7H12O. The molecule has 2 atom stereocenters. The van der Waals surface area contributed by atoms with Crippen molar-refractivity contribution in [3.8, 4) is 0 Å². The van der Waals surface area contributed by atoms with Crippen molar-refractivity contribution in [2.75, 3.05) is 6.61 Å². The van der Waals surface area contributed by atoms with Gasteiger partial charge in [-0.15, -0.1) is 0 Å². The van der Waals surface area contributed by atoms with Gasteiger partial charge < -0.3 is 4.74 Å². The predicted molar refractivity (Wildman–Crippen MR) is 31.7 cm³/mol. The molecule has 0 unspecified atom stereocenters. The summed E-state index contributed by atoms with van der Waals surface area (Å²) in [5, 5.41) is 0. The second-order valence-corrected chi connectivity index (χ2v) is 3.10. The standard InChI is InChI=1S/C7H12O/c1-6-2-3-7(6)4-5-8-7/h6H,2-5H2,1H3/t6-,7+/m1/s1. The van der Waals surface area contributed by atoms with Gasteiger partial charge in [0.1, 0.15) is 0 Å². The van der Waals surface area contributed by atoms with Crippen molar-refractivity contribution >= 4 is 0 Å². The molecule has 8 heavy (non-hydrogen) atoms. The van der Waals surface area contributed by atoms with Crippen LogP contribution >= 0.6 is 0 Å². The Bertz CT molecular complexity index is 99.4. The highest BCUT2D eigenvalue weighted by molar-refractivity contribution is 4.99. The van der Waals surface area contributed by atoms with Gasteiger partial charge >= 0.3 is 0 Å². The molecule has 2 rings (SSSR count). The van der Waals surface area contributed by atoms with Crippen LogP contribution in [0.2, 0.25) is 0 Å². The first-order valence-electron chi connectivity index (χ1n) is 3.47. The molecule has 46 valence electrons. The minimum absolute atomic E-state index is 0.403. The van der Waals surface area contributed by atoms with Crippen molar-refractivity contribution in [1.29, 1.82) is 0 Å². The average Bonchev–Trinajstić information content (AvgIpc) is 1.58. The summed E-state index contributed by atoms with van der Waals surface area (Å²) in [5.74, 6) is 0.858. The highest BCUT2D eigenvalue weighted by atomic mass is 16.5. The van der Waals surface area contributed by atoms with Gasteiger partial charge in [0.2, 0.25) is 0 Å². The Labute approximate surface area is 50.0 Å². The van der Waals surface area contributed by atoms with Crippen LogP contribution in [0.15, 0.2) is 0 Å². The Morgan fingerprint density at radius 1 is 1.50 bits per heavy atom. The van der Waals surface area contributed by atoms with Gasteiger partial charge in [0, 0.05) is 6.42 Å². The highest BCUT2D eigenvalue weighted by Gasteiger charge is 2.49. The zero-order valence-corrected chi connectivity index (χ0v) is 5.31. The Hall–Kier alpha value is -0.0400. The van der Waals surface area contributed by atoms with E-state index in [1.807, 2.05) is 0 Å². The van der Waals surface area contributed by atoms with E-state index in [1.54, 1.807) is 0 Å². The summed E-state index contributed by atoms with van der Waals surface area (Å²) in [5.41, 5.74) is 0.403. The van der Waals surface area contributed by atoms with E-state index in [4.69, 9.17) is 4.74 Å². The molecule has 2 fully saturated rings. The third kappa shape index (κ3) is 0.368. The fraction of sp³-hybridized carbons (Fsp3) is 1.00. The summed E-state index contributed by atoms with van der Waals surface area (Å²) in [4.78, 5) is 0. The van der Waals surface area contributed by atoms with Crippen molar-refractivity contribution in [2.24, 2.45) is 5.92 Å². The molecule has 1 heterocycles. The largest absolute Gasteiger partial charge is 0.375 e. The Morgan fingerprint density at radius 2 is 2.25 bits per heavy atom. The van der Waals surface area contributed by atoms with Crippen LogP contribution in [0.3, 0.4) is 0 Å². The molecule has 0 bridgehead atoms. The third-order valence-electron chi connectivity index (χ3n) is 2.81. The monoisotopic (exact) mass is 112 g/mol. The van der Waals surface area contributed by atoms with E-state index < -0.39 is 0 Å². The molecular weight excluding hydrogens is 100 g/mol. The van der Waals surface area contributed by atoms with Crippen LogP contribution in [-0.2, 0) is 4.74 Å². The third-order valence-corrected chi connectivity index (χ3v) is 2.81. The van der Waals surface area contributed by atoms with Crippen molar-refractivity contribution in [1.82, 2.24) is 0 Å². The minimum atomic E-state index is 0.403. The molecule has 1 saturated heterocycles. The first kappa shape index (κ1) is 4.80. The van der Waals surface area contributed by atoms with Crippen molar-refractivity contribution in [2.45, 2.75) is 31.8 Å². The lowest BCUT2D eigenvalue weighted by Crippen LogP contribution is -2.55. The lowest BCUT2D eigenvalue weighted by Gasteiger charge is -2.54. The summed E-state index contributed by atoms with van der Waals surface area (Å²) in [6.45, 7) is 3.31. The van der Waals surface area contributed by atoms with Crippen LogP contribution in [0.25, 0.3) is 0 Å². The Morgan fingerprint density at radius 3 is 2.25 bits per heavy atom. The molecule has 1 saturated carbocycles. The number of ether oxygens (including phenoxy) is 1. The first-order valence-corrected chi connectivity index (χ1v) is 3.47. The molecule has 0 radical (unpaired) electrons. The van der Waals surface area contributed by atoms with Crippen LogP contribution in [0.4, 0.5) is 0 Å². The highest BCUT2D eigenvalue weighted by Crippen LogP contribution is 2.48. The normalized spacial score (nSPS) is 52.9. The molecule has 1 aliphatic carbocycles. The van der Waals surface area contributed by atoms with Gasteiger partial charge in [-0.1, -0.05) is 6.92 Å². The van der Waals surface area contributed by atoms with E-state index in [9.17, 15) is 0 Å². The topological polar surface area (TPSA) is 9.23 Å². The van der Waals surface area contributed by atoms with Gasteiger partial charge in [-0.2, -0.15) is 0 Å². The lowest BCUT2D eigenvalue weighted by molar-refractivity contribution is -0.224. The average molecular weight is 112 g/mol. The summed E-state index contributed by atoms with van der Waals surface area (Å²) >= 11 is 0. The van der Waals surface area contributed by atoms with Crippen LogP contribution in [0.1, 0.15) is 26.2 Å². The Kier molecular flexibility index (Phi) is 0.762. The SMILES string of the molecule is C[C@@H]1CC[C@]12CCO2. The minimum Gasteiger partial charge on any atom is -0.375 e. The second-order valence-electron chi connectivity index (χ2n) is 3.10. The van der Waals surface area contributed by atoms with E-state index in [0.29, 0.717) is 5.60 Å². The van der Waals surface area contributed by atoms with Gasteiger partial charge in [0.05, 0.1) is 12.2 Å². The summed E-state index contributed by atoms with van der Waals surface area (Å²) in [7, 11) is 0. The maximum absolute atomic E-state index is 5.47. The molecule has 2 aliphatic rings. The molecule has 1 spiro atoms. The van der Waals surface area contributed by atoms with Crippen molar-refractivity contribution in [3.05, 3.63) is 0 Å². The van der Waals surface area contributed by atoms with Gasteiger partial charge in [-0.25, -0.2) is 0 Å². The molecule has 0 aromatic carbocycles. The summed E-state index contributed by atoms with van der Waals surface area (Å²) in [6, 6.07) is 0. The van der Waals surface area contributed by atoms with Crippen molar-refractivity contribution < 1.29 is 4.74 Å². The molecule has 1 aliphatic heterocycles. The van der Waals surface area contributed by atoms with Gasteiger partial charge in [-0.3, -0.25) is 0 Å². The quantitative estimate of drug-likeness (QED) is 0.462. The van der Waals surface area contributed by atoms with Crippen molar-refractivity contribution in [3.63, 3.8) is 0 Å². The van der Waals surface area contributed by atoms with Gasteiger partial charge in [0.25, 0.3) is 0 Å². The summed E-state index contributed by atoms with van der Waals surface area (Å²) < 4.78 is 5.47. The zero-order chi connectivity index (χ0) is 5.61. The number of rotatable bonds is 0. The predicted octanol–water partition coefficient (Wildman–Crippen LogP) is 1.58. The zero-order valence-electron chi connectivity index (χ0n) is 5.31. The van der Waals surface area contributed by atoms with Crippen LogP contribution < -0.4 is 0 Å². The van der Waals surface area contributed by atoms with E-state index in [2.05, 4.69) is 6.92 Å². The Balaban J connectivity index is 2.03. The van der Waals surface area contributed by atoms with E-state index in [-0.39, 0.29) is 0 Å². The first-order chi connectivity index (χ1) is 3.83. The molecule has 0 N–H and O–H groups in total. The maximum Gasteiger partial charge on any atom is 0.0730 e. The molecule has 0 aromatic heterocycles. The molecule has 1 nitrogen and oxygen atoms in total. The smallest absolute Gasteiger partial charge is 0.0730 e.